The van der Waals surface area contributed by atoms with E-state index < -0.39 is 5.60 Å². The van der Waals surface area contributed by atoms with Crippen molar-refractivity contribution in [3.63, 3.8) is 0 Å². The fourth-order valence-electron chi connectivity index (χ4n) is 2.12. The van der Waals surface area contributed by atoms with E-state index in [1.54, 1.807) is 30.4 Å². The molecule has 2 heterocycles. The van der Waals surface area contributed by atoms with Crippen LogP contribution in [0, 0.1) is 6.92 Å². The third-order valence-electron chi connectivity index (χ3n) is 3.33. The van der Waals surface area contributed by atoms with Crippen LogP contribution in [0.15, 0.2) is 34.1 Å². The minimum absolute atomic E-state index is 0.0226. The Morgan fingerprint density at radius 1 is 1.45 bits per heavy atom. The van der Waals surface area contributed by atoms with Crippen LogP contribution in [-0.4, -0.2) is 23.7 Å². The summed E-state index contributed by atoms with van der Waals surface area (Å²) in [5.41, 5.74) is -1.23. The second kappa shape index (κ2) is 6.98. The number of thiophene rings is 1. The lowest BCUT2D eigenvalue weighted by Gasteiger charge is -2.22. The quantitative estimate of drug-likeness (QED) is 0.765. The molecule has 2 atom stereocenters. The fourth-order valence-corrected chi connectivity index (χ4v) is 2.96. The van der Waals surface area contributed by atoms with E-state index in [-0.39, 0.29) is 18.6 Å². The van der Waals surface area contributed by atoms with Crippen molar-refractivity contribution in [1.82, 2.24) is 10.6 Å². The molecule has 2 rings (SSSR count). The van der Waals surface area contributed by atoms with Crippen LogP contribution >= 0.6 is 11.3 Å². The average Bonchev–Trinajstić information content (AvgIpc) is 3.08. The molecule has 0 fully saturated rings. The van der Waals surface area contributed by atoms with Crippen LogP contribution in [0.2, 0.25) is 0 Å². The number of amides is 2. The van der Waals surface area contributed by atoms with Crippen LogP contribution in [0.3, 0.4) is 0 Å². The van der Waals surface area contributed by atoms with Crippen LogP contribution in [0.1, 0.15) is 30.2 Å². The Morgan fingerprint density at radius 2 is 2.23 bits per heavy atom. The van der Waals surface area contributed by atoms with Crippen molar-refractivity contribution in [3.8, 4) is 0 Å². The zero-order valence-electron chi connectivity index (χ0n) is 13.1. The second-order valence-corrected chi connectivity index (χ2v) is 6.73. The van der Waals surface area contributed by atoms with Crippen molar-refractivity contribution >= 4 is 17.4 Å². The molecule has 2 amide bonds. The van der Waals surface area contributed by atoms with Crippen molar-refractivity contribution in [3.05, 3.63) is 46.0 Å². The minimum Gasteiger partial charge on any atom is -0.463 e. The number of carbonyl (C=O) groups is 1. The summed E-state index contributed by atoms with van der Waals surface area (Å²) >= 11 is 1.67. The molecule has 0 saturated carbocycles. The molecular weight excluding hydrogens is 300 g/mol. The summed E-state index contributed by atoms with van der Waals surface area (Å²) in [6.07, 6.45) is 0.791. The highest BCUT2D eigenvalue weighted by atomic mass is 32.1. The summed E-state index contributed by atoms with van der Waals surface area (Å²) < 4.78 is 5.41. The maximum absolute atomic E-state index is 11.9. The van der Waals surface area contributed by atoms with Gasteiger partial charge in [-0.05, 0) is 44.4 Å². The van der Waals surface area contributed by atoms with Crippen molar-refractivity contribution in [2.75, 3.05) is 6.54 Å². The fraction of sp³-hybridized carbons (Fsp3) is 0.438. The van der Waals surface area contributed by atoms with Crippen LogP contribution < -0.4 is 10.6 Å². The van der Waals surface area contributed by atoms with Gasteiger partial charge in [0.15, 0.2) is 0 Å². The Balaban J connectivity index is 1.79. The average molecular weight is 322 g/mol. The van der Waals surface area contributed by atoms with Crippen molar-refractivity contribution in [1.29, 1.82) is 0 Å². The van der Waals surface area contributed by atoms with Gasteiger partial charge >= 0.3 is 6.03 Å². The highest BCUT2D eigenvalue weighted by Crippen LogP contribution is 2.21. The predicted octanol–water partition coefficient (Wildman–Crippen LogP) is 2.79. The molecule has 0 aromatic carbocycles. The normalized spacial score (nSPS) is 15.1. The summed E-state index contributed by atoms with van der Waals surface area (Å²) in [4.78, 5) is 13.1. The SMILES string of the molecule is Cc1ccc([C@](C)(O)CNC(=O)N[C@H](C)Cc2cccs2)o1. The van der Waals surface area contributed by atoms with E-state index in [1.807, 2.05) is 31.4 Å². The van der Waals surface area contributed by atoms with Gasteiger partial charge in [-0.3, -0.25) is 0 Å². The lowest BCUT2D eigenvalue weighted by atomic mass is 10.0. The van der Waals surface area contributed by atoms with Crippen molar-refractivity contribution in [2.45, 2.75) is 38.8 Å². The molecule has 6 heteroatoms. The first-order valence-corrected chi connectivity index (χ1v) is 8.11. The summed E-state index contributed by atoms with van der Waals surface area (Å²) in [5.74, 6) is 1.17. The first kappa shape index (κ1) is 16.6. The molecule has 0 radical (unpaired) electrons. The molecule has 3 N–H and O–H groups in total. The molecule has 0 unspecified atom stereocenters. The topological polar surface area (TPSA) is 74.5 Å². The monoisotopic (exact) mass is 322 g/mol. The predicted molar refractivity (Wildman–Crippen MR) is 87.0 cm³/mol. The lowest BCUT2D eigenvalue weighted by molar-refractivity contribution is 0.0359. The standard InChI is InChI=1S/C16H22N2O3S/c1-11(9-13-5-4-8-22-13)18-15(19)17-10-16(3,20)14-7-6-12(2)21-14/h4-8,11,20H,9-10H2,1-3H3,(H2,17,18,19)/t11-,16-/m1/s1. The first-order valence-electron chi connectivity index (χ1n) is 7.23. The molecule has 0 spiro atoms. The van der Waals surface area contributed by atoms with Crippen molar-refractivity contribution < 1.29 is 14.3 Å². The highest BCUT2D eigenvalue weighted by molar-refractivity contribution is 7.09. The maximum Gasteiger partial charge on any atom is 0.315 e. The van der Waals surface area contributed by atoms with Crippen LogP contribution in [0.25, 0.3) is 0 Å². The summed E-state index contributed by atoms with van der Waals surface area (Å²) in [7, 11) is 0. The van der Waals surface area contributed by atoms with Gasteiger partial charge in [0, 0.05) is 17.3 Å². The number of rotatable bonds is 6. The lowest BCUT2D eigenvalue weighted by Crippen LogP contribution is -2.46. The molecule has 2 aromatic heterocycles. The van der Waals surface area contributed by atoms with Gasteiger partial charge < -0.3 is 20.2 Å². The Morgan fingerprint density at radius 3 is 2.82 bits per heavy atom. The minimum atomic E-state index is -1.23. The third kappa shape index (κ3) is 4.61. The van der Waals surface area contributed by atoms with Crippen LogP contribution in [0.5, 0.6) is 0 Å². The van der Waals surface area contributed by atoms with E-state index in [0.29, 0.717) is 5.76 Å². The van der Waals surface area contributed by atoms with Gasteiger partial charge in [0.2, 0.25) is 0 Å². The summed E-state index contributed by atoms with van der Waals surface area (Å²) in [5, 5.41) is 17.9. The molecule has 0 saturated heterocycles. The number of nitrogens with one attached hydrogen (secondary N) is 2. The molecule has 120 valence electrons. The molecule has 5 nitrogen and oxygen atoms in total. The molecule has 0 aliphatic rings. The van der Waals surface area contributed by atoms with Crippen molar-refractivity contribution in [2.24, 2.45) is 0 Å². The van der Waals surface area contributed by atoms with E-state index in [1.165, 1.54) is 4.88 Å². The number of carbonyl (C=O) groups excluding carboxylic acids is 1. The zero-order valence-corrected chi connectivity index (χ0v) is 13.9. The Bertz CT molecular complexity index is 605. The third-order valence-corrected chi connectivity index (χ3v) is 4.23. The number of hydrogen-bond donors (Lipinski definition) is 3. The zero-order chi connectivity index (χ0) is 16.2. The molecular formula is C16H22N2O3S. The van der Waals surface area contributed by atoms with E-state index in [0.717, 1.165) is 12.2 Å². The van der Waals surface area contributed by atoms with Gasteiger partial charge in [0.25, 0.3) is 0 Å². The number of furan rings is 1. The molecule has 2 aromatic rings. The largest absolute Gasteiger partial charge is 0.463 e. The van der Waals surface area contributed by atoms with Crippen LogP contribution in [-0.2, 0) is 12.0 Å². The number of aliphatic hydroxyl groups is 1. The van der Waals surface area contributed by atoms with Gasteiger partial charge in [-0.25, -0.2) is 4.79 Å². The summed E-state index contributed by atoms with van der Waals surface area (Å²) in [6.45, 7) is 5.46. The Labute approximate surface area is 134 Å². The Hall–Kier alpha value is -1.79. The van der Waals surface area contributed by atoms with E-state index in [2.05, 4.69) is 10.6 Å². The molecule has 0 bridgehead atoms. The van der Waals surface area contributed by atoms with Gasteiger partial charge in [-0.1, -0.05) is 6.07 Å². The van der Waals surface area contributed by atoms with E-state index in [4.69, 9.17) is 4.42 Å². The van der Waals surface area contributed by atoms with Gasteiger partial charge in [0.1, 0.15) is 17.1 Å². The first-order chi connectivity index (χ1) is 10.4. The van der Waals surface area contributed by atoms with Crippen LogP contribution in [0.4, 0.5) is 4.79 Å². The van der Waals surface area contributed by atoms with E-state index in [9.17, 15) is 9.90 Å². The smallest absolute Gasteiger partial charge is 0.315 e. The van der Waals surface area contributed by atoms with Gasteiger partial charge in [-0.15, -0.1) is 11.3 Å². The maximum atomic E-state index is 11.9. The van der Waals surface area contributed by atoms with Gasteiger partial charge in [-0.2, -0.15) is 0 Å². The molecule has 22 heavy (non-hydrogen) atoms. The Kier molecular flexibility index (Phi) is 5.26. The summed E-state index contributed by atoms with van der Waals surface area (Å²) in [6, 6.07) is 7.27. The number of urea groups is 1. The highest BCUT2D eigenvalue weighted by Gasteiger charge is 2.27. The number of aryl methyl sites for hydroxylation is 1. The molecule has 0 aliphatic heterocycles. The van der Waals surface area contributed by atoms with Gasteiger partial charge in [0.05, 0.1) is 6.54 Å². The number of hydrogen-bond acceptors (Lipinski definition) is 4. The molecule has 0 aliphatic carbocycles. The second-order valence-electron chi connectivity index (χ2n) is 5.70. The van der Waals surface area contributed by atoms with E-state index >= 15 is 0 Å².